The average Bonchev–Trinajstić information content (AvgIpc) is 2.54. The van der Waals surface area contributed by atoms with E-state index in [1.165, 1.54) is 0 Å². The fraction of sp³-hybridized carbons (Fsp3) is 0.125. The molecule has 0 aliphatic carbocycles. The van der Waals surface area contributed by atoms with Crippen LogP contribution in [0, 0.1) is 11.3 Å². The van der Waals surface area contributed by atoms with Crippen molar-refractivity contribution in [1.82, 2.24) is 5.32 Å². The number of amides is 2. The van der Waals surface area contributed by atoms with Crippen molar-refractivity contribution in [3.63, 3.8) is 0 Å². The number of urea groups is 1. The lowest BCUT2D eigenvalue weighted by Crippen LogP contribution is -2.24. The molecule has 2 aromatic carbocycles. The van der Waals surface area contributed by atoms with Gasteiger partial charge >= 0.3 is 6.03 Å². The van der Waals surface area contributed by atoms with Crippen LogP contribution in [-0.4, -0.2) is 13.1 Å². The predicted octanol–water partition coefficient (Wildman–Crippen LogP) is 2.92. The topological polar surface area (TPSA) is 77.0 Å². The van der Waals surface area contributed by atoms with Gasteiger partial charge in [-0.25, -0.2) is 4.79 Å². The van der Waals surface area contributed by atoms with Gasteiger partial charge in [-0.2, -0.15) is 5.26 Å². The van der Waals surface area contributed by atoms with Crippen LogP contribution in [0.2, 0.25) is 0 Å². The Hall–Kier alpha value is -3.00. The van der Waals surface area contributed by atoms with Crippen molar-refractivity contribution in [2.24, 2.45) is 0 Å². The van der Waals surface area contributed by atoms with Crippen LogP contribution < -0.4 is 16.0 Å². The van der Waals surface area contributed by atoms with E-state index in [1.54, 1.807) is 19.2 Å². The van der Waals surface area contributed by atoms with Crippen LogP contribution in [0.15, 0.2) is 48.5 Å². The Morgan fingerprint density at radius 1 is 1.05 bits per heavy atom. The van der Waals surface area contributed by atoms with Gasteiger partial charge in [0.25, 0.3) is 0 Å². The number of rotatable bonds is 4. The minimum atomic E-state index is -0.242. The zero-order valence-electron chi connectivity index (χ0n) is 11.7. The van der Waals surface area contributed by atoms with E-state index in [0.717, 1.165) is 16.9 Å². The van der Waals surface area contributed by atoms with E-state index < -0.39 is 0 Å². The molecule has 5 nitrogen and oxygen atoms in total. The van der Waals surface area contributed by atoms with E-state index in [0.29, 0.717) is 12.1 Å². The Morgan fingerprint density at radius 2 is 1.67 bits per heavy atom. The molecule has 0 saturated carbocycles. The minimum absolute atomic E-state index is 0.242. The molecule has 0 heterocycles. The number of carbonyl (C=O) groups is 1. The SMILES string of the molecule is CNC(=O)Nc1ccc(NCc2ccc(C#N)cc2)cc1. The molecular weight excluding hydrogens is 264 g/mol. The molecule has 0 saturated heterocycles. The molecule has 0 aliphatic heterocycles. The number of hydrogen-bond acceptors (Lipinski definition) is 3. The molecule has 0 aromatic heterocycles. The number of hydrogen-bond donors (Lipinski definition) is 3. The number of nitrogens with one attached hydrogen (secondary N) is 3. The number of nitrogens with zero attached hydrogens (tertiary/aromatic N) is 1. The summed E-state index contributed by atoms with van der Waals surface area (Å²) in [5, 5.41) is 17.2. The third kappa shape index (κ3) is 4.25. The highest BCUT2D eigenvalue weighted by Gasteiger charge is 1.99. The summed E-state index contributed by atoms with van der Waals surface area (Å²) >= 11 is 0. The first-order valence-electron chi connectivity index (χ1n) is 6.53. The first-order valence-corrected chi connectivity index (χ1v) is 6.53. The molecule has 5 heteroatoms. The molecule has 0 bridgehead atoms. The Bertz CT molecular complexity index is 641. The monoisotopic (exact) mass is 280 g/mol. The second-order valence-electron chi connectivity index (χ2n) is 4.44. The molecule has 0 radical (unpaired) electrons. The third-order valence-corrected chi connectivity index (χ3v) is 2.95. The molecule has 2 aromatic rings. The lowest BCUT2D eigenvalue weighted by Gasteiger charge is -2.08. The maximum Gasteiger partial charge on any atom is 0.318 e. The van der Waals surface area contributed by atoms with E-state index in [1.807, 2.05) is 36.4 Å². The van der Waals surface area contributed by atoms with Crippen molar-refractivity contribution in [3.05, 3.63) is 59.7 Å². The van der Waals surface area contributed by atoms with Crippen molar-refractivity contribution in [3.8, 4) is 6.07 Å². The standard InChI is InChI=1S/C16H16N4O/c1-18-16(21)20-15-8-6-14(7-9-15)19-11-13-4-2-12(10-17)3-5-13/h2-9,19H,11H2,1H3,(H2,18,20,21). The molecule has 0 aliphatic rings. The van der Waals surface area contributed by atoms with E-state index in [2.05, 4.69) is 22.0 Å². The average molecular weight is 280 g/mol. The number of nitriles is 1. The molecule has 0 atom stereocenters. The number of anilines is 2. The van der Waals surface area contributed by atoms with Crippen LogP contribution in [0.4, 0.5) is 16.2 Å². The van der Waals surface area contributed by atoms with Gasteiger partial charge in [0, 0.05) is 25.0 Å². The van der Waals surface area contributed by atoms with Crippen LogP contribution in [0.25, 0.3) is 0 Å². The zero-order chi connectivity index (χ0) is 15.1. The molecule has 2 rings (SSSR count). The van der Waals surface area contributed by atoms with Crippen LogP contribution >= 0.6 is 0 Å². The molecule has 21 heavy (non-hydrogen) atoms. The highest BCUT2D eigenvalue weighted by atomic mass is 16.2. The van der Waals surface area contributed by atoms with Crippen molar-refractivity contribution in [2.45, 2.75) is 6.54 Å². The second kappa shape index (κ2) is 6.96. The minimum Gasteiger partial charge on any atom is -0.381 e. The van der Waals surface area contributed by atoms with Gasteiger partial charge in [0.1, 0.15) is 0 Å². The maximum atomic E-state index is 11.2. The Balaban J connectivity index is 1.91. The van der Waals surface area contributed by atoms with Crippen molar-refractivity contribution in [1.29, 1.82) is 5.26 Å². The number of carbonyl (C=O) groups excluding carboxylic acids is 1. The van der Waals surface area contributed by atoms with Gasteiger partial charge in [-0.1, -0.05) is 12.1 Å². The summed E-state index contributed by atoms with van der Waals surface area (Å²) in [4.78, 5) is 11.2. The van der Waals surface area contributed by atoms with Gasteiger partial charge in [-0.3, -0.25) is 0 Å². The summed E-state index contributed by atoms with van der Waals surface area (Å²) < 4.78 is 0. The van der Waals surface area contributed by atoms with E-state index in [-0.39, 0.29) is 6.03 Å². The molecular formula is C16H16N4O. The zero-order valence-corrected chi connectivity index (χ0v) is 11.7. The van der Waals surface area contributed by atoms with Crippen LogP contribution in [0.3, 0.4) is 0 Å². The Morgan fingerprint density at radius 3 is 2.24 bits per heavy atom. The smallest absolute Gasteiger partial charge is 0.318 e. The summed E-state index contributed by atoms with van der Waals surface area (Å²) in [6.45, 7) is 0.675. The maximum absolute atomic E-state index is 11.2. The first-order chi connectivity index (χ1) is 10.2. The van der Waals surface area contributed by atoms with Gasteiger partial charge in [0.05, 0.1) is 11.6 Å². The van der Waals surface area contributed by atoms with Gasteiger partial charge in [0.2, 0.25) is 0 Å². The molecule has 0 spiro atoms. The van der Waals surface area contributed by atoms with Crippen LogP contribution in [-0.2, 0) is 6.54 Å². The lowest BCUT2D eigenvalue weighted by atomic mass is 10.1. The normalized spacial score (nSPS) is 9.52. The number of benzene rings is 2. The van der Waals surface area contributed by atoms with E-state index >= 15 is 0 Å². The highest BCUT2D eigenvalue weighted by Crippen LogP contribution is 2.14. The third-order valence-electron chi connectivity index (χ3n) is 2.95. The van der Waals surface area contributed by atoms with E-state index in [9.17, 15) is 4.79 Å². The summed E-state index contributed by atoms with van der Waals surface area (Å²) in [6, 6.07) is 16.8. The summed E-state index contributed by atoms with van der Waals surface area (Å²) in [6.07, 6.45) is 0. The van der Waals surface area contributed by atoms with Crippen LogP contribution in [0.1, 0.15) is 11.1 Å². The summed E-state index contributed by atoms with van der Waals surface area (Å²) in [5.41, 5.74) is 3.45. The molecule has 0 fully saturated rings. The predicted molar refractivity (Wildman–Crippen MR) is 83.0 cm³/mol. The van der Waals surface area contributed by atoms with Crippen molar-refractivity contribution < 1.29 is 4.79 Å². The van der Waals surface area contributed by atoms with Crippen molar-refractivity contribution in [2.75, 3.05) is 17.7 Å². The molecule has 3 N–H and O–H groups in total. The van der Waals surface area contributed by atoms with E-state index in [4.69, 9.17) is 5.26 Å². The van der Waals surface area contributed by atoms with Gasteiger partial charge in [-0.05, 0) is 42.0 Å². The summed E-state index contributed by atoms with van der Waals surface area (Å²) in [7, 11) is 1.57. The lowest BCUT2D eigenvalue weighted by molar-refractivity contribution is 0.254. The molecule has 106 valence electrons. The fourth-order valence-corrected chi connectivity index (χ4v) is 1.77. The molecule has 2 amide bonds. The fourth-order valence-electron chi connectivity index (χ4n) is 1.77. The largest absolute Gasteiger partial charge is 0.381 e. The van der Waals surface area contributed by atoms with Gasteiger partial charge in [-0.15, -0.1) is 0 Å². The van der Waals surface area contributed by atoms with Crippen LogP contribution in [0.5, 0.6) is 0 Å². The van der Waals surface area contributed by atoms with Crippen molar-refractivity contribution >= 4 is 17.4 Å². The highest BCUT2D eigenvalue weighted by molar-refractivity contribution is 5.89. The quantitative estimate of drug-likeness (QED) is 0.806. The molecule has 0 unspecified atom stereocenters. The summed E-state index contributed by atoms with van der Waals surface area (Å²) in [5.74, 6) is 0. The first kappa shape index (κ1) is 14.4. The Kier molecular flexibility index (Phi) is 4.78. The van der Waals surface area contributed by atoms with Gasteiger partial charge < -0.3 is 16.0 Å². The second-order valence-corrected chi connectivity index (χ2v) is 4.44. The Labute approximate surface area is 123 Å². The van der Waals surface area contributed by atoms with Gasteiger partial charge in [0.15, 0.2) is 0 Å².